The number of fused-ring (bicyclic) bond motifs is 3. The SMILES string of the molecule is COC(=O)CN1Cc2c(C(=O)NCCC(C)C)ncn2-c2ccccc2S1(=O)=O. The molecule has 0 radical (unpaired) electrons. The van der Waals surface area contributed by atoms with E-state index in [4.69, 9.17) is 0 Å². The highest BCUT2D eigenvalue weighted by Crippen LogP contribution is 2.31. The van der Waals surface area contributed by atoms with E-state index < -0.39 is 22.5 Å². The summed E-state index contributed by atoms with van der Waals surface area (Å²) >= 11 is 0. The van der Waals surface area contributed by atoms with Gasteiger partial charge in [0.2, 0.25) is 10.0 Å². The maximum Gasteiger partial charge on any atom is 0.321 e. The normalized spacial score (nSPS) is 15.3. The molecule has 1 aromatic heterocycles. The van der Waals surface area contributed by atoms with Crippen molar-refractivity contribution in [3.8, 4) is 5.69 Å². The van der Waals surface area contributed by atoms with E-state index in [1.165, 1.54) is 19.5 Å². The summed E-state index contributed by atoms with van der Waals surface area (Å²) in [6.45, 7) is 3.96. The highest BCUT2D eigenvalue weighted by molar-refractivity contribution is 7.89. The van der Waals surface area contributed by atoms with Gasteiger partial charge in [-0.3, -0.25) is 14.2 Å². The van der Waals surface area contributed by atoms with E-state index in [1.807, 2.05) is 0 Å². The molecule has 0 saturated heterocycles. The van der Waals surface area contributed by atoms with Crippen molar-refractivity contribution in [3.63, 3.8) is 0 Å². The van der Waals surface area contributed by atoms with Crippen molar-refractivity contribution in [2.45, 2.75) is 31.7 Å². The molecular weight excluding hydrogens is 396 g/mol. The lowest BCUT2D eigenvalue weighted by Gasteiger charge is -2.19. The zero-order valence-corrected chi connectivity index (χ0v) is 17.4. The second-order valence-electron chi connectivity index (χ2n) is 7.17. The van der Waals surface area contributed by atoms with Crippen LogP contribution >= 0.6 is 0 Å². The molecule has 0 spiro atoms. The van der Waals surface area contributed by atoms with Crippen molar-refractivity contribution in [2.24, 2.45) is 5.92 Å². The summed E-state index contributed by atoms with van der Waals surface area (Å²) in [7, 11) is -2.79. The number of aromatic nitrogens is 2. The van der Waals surface area contributed by atoms with Gasteiger partial charge in [-0.15, -0.1) is 0 Å². The molecule has 2 heterocycles. The third-order valence-corrected chi connectivity index (χ3v) is 6.53. The van der Waals surface area contributed by atoms with Crippen LogP contribution in [0.15, 0.2) is 35.5 Å². The van der Waals surface area contributed by atoms with E-state index in [-0.39, 0.29) is 23.0 Å². The average Bonchev–Trinajstić information content (AvgIpc) is 3.07. The Kier molecular flexibility index (Phi) is 6.04. The first-order chi connectivity index (χ1) is 13.8. The van der Waals surface area contributed by atoms with Crippen LogP contribution in [0.3, 0.4) is 0 Å². The number of hydrogen-bond donors (Lipinski definition) is 1. The molecule has 0 saturated carbocycles. The van der Waals surface area contributed by atoms with Crippen molar-refractivity contribution in [1.29, 1.82) is 0 Å². The highest BCUT2D eigenvalue weighted by atomic mass is 32.2. The first-order valence-corrected chi connectivity index (χ1v) is 10.7. The Labute approximate surface area is 169 Å². The molecule has 1 aliphatic heterocycles. The van der Waals surface area contributed by atoms with Gasteiger partial charge in [0.15, 0.2) is 5.69 Å². The number of rotatable bonds is 6. The zero-order valence-electron chi connectivity index (χ0n) is 16.6. The number of methoxy groups -OCH3 is 1. The topological polar surface area (TPSA) is 111 Å². The average molecular weight is 420 g/mol. The van der Waals surface area contributed by atoms with E-state index in [1.54, 1.807) is 22.8 Å². The minimum absolute atomic E-state index is 0.0341. The van der Waals surface area contributed by atoms with E-state index in [0.29, 0.717) is 23.8 Å². The Morgan fingerprint density at radius 1 is 1.28 bits per heavy atom. The lowest BCUT2D eigenvalue weighted by atomic mass is 10.1. The number of carbonyl (C=O) groups is 2. The van der Waals surface area contributed by atoms with Crippen LogP contribution in [0.4, 0.5) is 0 Å². The minimum atomic E-state index is -3.98. The molecule has 1 amide bonds. The van der Waals surface area contributed by atoms with Gasteiger partial charge < -0.3 is 10.1 Å². The second-order valence-corrected chi connectivity index (χ2v) is 9.07. The number of nitrogens with one attached hydrogen (secondary N) is 1. The van der Waals surface area contributed by atoms with E-state index >= 15 is 0 Å². The van der Waals surface area contributed by atoms with Crippen LogP contribution in [-0.2, 0) is 26.1 Å². The monoisotopic (exact) mass is 420 g/mol. The smallest absolute Gasteiger partial charge is 0.321 e. The van der Waals surface area contributed by atoms with Gasteiger partial charge in [-0.05, 0) is 24.5 Å². The quantitative estimate of drug-likeness (QED) is 0.706. The number of ether oxygens (including phenoxy) is 1. The molecule has 0 bridgehead atoms. The van der Waals surface area contributed by atoms with Crippen LogP contribution < -0.4 is 5.32 Å². The van der Waals surface area contributed by atoms with E-state index in [2.05, 4.69) is 28.9 Å². The van der Waals surface area contributed by atoms with Crippen LogP contribution in [0, 0.1) is 5.92 Å². The Balaban J connectivity index is 2.05. The number of nitrogens with zero attached hydrogens (tertiary/aromatic N) is 3. The standard InChI is InChI=1S/C19H24N4O5S/c1-13(2)8-9-20-19(25)18-15-10-22(11-17(24)28-3)29(26,27)16-7-5-4-6-14(16)23(15)12-21-18/h4-7,12-13H,8-11H2,1-3H3,(H,20,25). The van der Waals surface area contributed by atoms with Gasteiger partial charge in [-0.2, -0.15) is 4.31 Å². The first-order valence-electron chi connectivity index (χ1n) is 9.26. The van der Waals surface area contributed by atoms with Crippen molar-refractivity contribution >= 4 is 21.9 Å². The first kappa shape index (κ1) is 21.0. The number of sulfonamides is 1. The molecule has 1 N–H and O–H groups in total. The molecule has 0 fully saturated rings. The second kappa shape index (κ2) is 8.34. The van der Waals surface area contributed by atoms with Gasteiger partial charge in [-0.25, -0.2) is 13.4 Å². The number of hydrogen-bond acceptors (Lipinski definition) is 6. The zero-order chi connectivity index (χ0) is 21.2. The summed E-state index contributed by atoms with van der Waals surface area (Å²) in [5.41, 5.74) is 0.906. The fraction of sp³-hybridized carbons (Fsp3) is 0.421. The Hall–Kier alpha value is -2.72. The Morgan fingerprint density at radius 2 is 2.00 bits per heavy atom. The fourth-order valence-electron chi connectivity index (χ4n) is 3.10. The summed E-state index contributed by atoms with van der Waals surface area (Å²) in [6.07, 6.45) is 2.25. The van der Waals surface area contributed by atoms with Gasteiger partial charge in [0.05, 0.1) is 25.0 Å². The molecule has 156 valence electrons. The summed E-state index contributed by atoms with van der Waals surface area (Å²) in [4.78, 5) is 28.8. The van der Waals surface area contributed by atoms with Crippen molar-refractivity contribution in [3.05, 3.63) is 42.0 Å². The maximum absolute atomic E-state index is 13.2. The minimum Gasteiger partial charge on any atom is -0.468 e. The predicted octanol–water partition coefficient (Wildman–Crippen LogP) is 1.33. The lowest BCUT2D eigenvalue weighted by Crippen LogP contribution is -2.36. The van der Waals surface area contributed by atoms with Crippen LogP contribution in [-0.4, -0.2) is 54.3 Å². The molecule has 2 aromatic rings. The van der Waals surface area contributed by atoms with Crippen LogP contribution in [0.25, 0.3) is 5.69 Å². The van der Waals surface area contributed by atoms with Gasteiger partial charge in [0, 0.05) is 6.54 Å². The number of imidazole rings is 1. The van der Waals surface area contributed by atoms with E-state index in [0.717, 1.165) is 10.7 Å². The molecule has 9 nitrogen and oxygen atoms in total. The van der Waals surface area contributed by atoms with Crippen LogP contribution in [0.1, 0.15) is 36.5 Å². The van der Waals surface area contributed by atoms with Crippen LogP contribution in [0.5, 0.6) is 0 Å². The molecule has 29 heavy (non-hydrogen) atoms. The highest BCUT2D eigenvalue weighted by Gasteiger charge is 2.36. The van der Waals surface area contributed by atoms with Gasteiger partial charge >= 0.3 is 5.97 Å². The summed E-state index contributed by atoms with van der Waals surface area (Å²) in [5.74, 6) is -0.641. The Morgan fingerprint density at radius 3 is 2.69 bits per heavy atom. The number of esters is 1. The maximum atomic E-state index is 13.2. The molecular formula is C19H24N4O5S. The molecule has 10 heteroatoms. The summed E-state index contributed by atoms with van der Waals surface area (Å²) in [6, 6.07) is 6.41. The lowest BCUT2D eigenvalue weighted by molar-refractivity contribution is -0.140. The summed E-state index contributed by atoms with van der Waals surface area (Å²) in [5, 5.41) is 2.82. The molecule has 0 aliphatic carbocycles. The molecule has 0 unspecified atom stereocenters. The fourth-order valence-corrected chi connectivity index (χ4v) is 4.62. The van der Waals surface area contributed by atoms with Gasteiger partial charge in [-0.1, -0.05) is 26.0 Å². The number of benzene rings is 1. The van der Waals surface area contributed by atoms with Crippen molar-refractivity contribution < 1.29 is 22.7 Å². The number of para-hydroxylation sites is 1. The number of carbonyl (C=O) groups excluding carboxylic acids is 2. The van der Waals surface area contributed by atoms with E-state index in [9.17, 15) is 18.0 Å². The number of amides is 1. The molecule has 0 atom stereocenters. The largest absolute Gasteiger partial charge is 0.468 e. The molecule has 3 rings (SSSR count). The predicted molar refractivity (Wildman–Crippen MR) is 105 cm³/mol. The third kappa shape index (κ3) is 4.18. The van der Waals surface area contributed by atoms with Crippen LogP contribution in [0.2, 0.25) is 0 Å². The molecule has 1 aromatic carbocycles. The van der Waals surface area contributed by atoms with Gasteiger partial charge in [0.25, 0.3) is 5.91 Å². The van der Waals surface area contributed by atoms with Crippen molar-refractivity contribution in [1.82, 2.24) is 19.2 Å². The summed E-state index contributed by atoms with van der Waals surface area (Å²) < 4.78 is 33.5. The third-order valence-electron chi connectivity index (χ3n) is 4.69. The Bertz CT molecular complexity index is 1030. The molecule has 1 aliphatic rings. The van der Waals surface area contributed by atoms with Gasteiger partial charge in [0.1, 0.15) is 17.8 Å². The van der Waals surface area contributed by atoms with Crippen molar-refractivity contribution in [2.75, 3.05) is 20.2 Å².